The van der Waals surface area contributed by atoms with Gasteiger partial charge in [0.2, 0.25) is 0 Å². The summed E-state index contributed by atoms with van der Waals surface area (Å²) in [4.78, 5) is 12.5. The number of carbonyl (C=O) groups is 1. The van der Waals surface area contributed by atoms with Crippen LogP contribution in [-0.4, -0.2) is 43.5 Å². The number of ether oxygens (including phenoxy) is 1. The summed E-state index contributed by atoms with van der Waals surface area (Å²) >= 11 is 0. The molecule has 2 aromatic rings. The zero-order valence-electron chi connectivity index (χ0n) is 18.8. The zero-order valence-corrected chi connectivity index (χ0v) is 21.7. The van der Waals surface area contributed by atoms with Crippen molar-refractivity contribution in [1.82, 2.24) is 9.78 Å². The predicted molar refractivity (Wildman–Crippen MR) is 116 cm³/mol. The third kappa shape index (κ3) is 6.22. The van der Waals surface area contributed by atoms with Crippen molar-refractivity contribution in [2.24, 2.45) is 7.05 Å². The second-order valence-electron chi connectivity index (χ2n) is 7.33. The van der Waals surface area contributed by atoms with Crippen LogP contribution < -0.4 is 39.2 Å². The Kier molecular flexibility index (Phi) is 9.53. The standard InChI is InChI=1S/C20H28FN5O4S.Na/c1-4-14-10-16(11-15(5-2)19(14)21)23-20(27)24-31(28,29)26(17-6-8-30-9-7-17)18-12-22-25(3)13-18;/h10-13,17H,4-9H2,1-3H3,(H2,23,24,27);/q;+1/p-1. The average molecular weight is 476 g/mol. The first kappa shape index (κ1) is 26.6. The van der Waals surface area contributed by atoms with Gasteiger partial charge in [-0.25, -0.2) is 12.8 Å². The van der Waals surface area contributed by atoms with Crippen molar-refractivity contribution in [3.63, 3.8) is 0 Å². The Morgan fingerprint density at radius 2 is 1.88 bits per heavy atom. The molecule has 1 fully saturated rings. The summed E-state index contributed by atoms with van der Waals surface area (Å²) < 4.78 is 51.9. The van der Waals surface area contributed by atoms with E-state index in [0.717, 1.165) is 4.31 Å². The smallest absolute Gasteiger partial charge is 0.424 e. The number of aromatic nitrogens is 2. The van der Waals surface area contributed by atoms with Gasteiger partial charge in [-0.3, -0.25) is 13.8 Å². The number of aryl methyl sites for hydroxylation is 3. The molecule has 0 bridgehead atoms. The SMILES string of the molecule is CCc1cc(NC(=O)[N-]S(=O)(=O)N(c2cnn(C)c2)C2CCOCC2)cc(CC)c1F.[Na+]. The maximum absolute atomic E-state index is 14.3. The zero-order chi connectivity index (χ0) is 22.6. The van der Waals surface area contributed by atoms with E-state index in [1.165, 1.54) is 23.0 Å². The number of benzene rings is 1. The van der Waals surface area contributed by atoms with Crippen molar-refractivity contribution in [2.75, 3.05) is 22.8 Å². The van der Waals surface area contributed by atoms with Crippen LogP contribution in [0.3, 0.4) is 0 Å². The van der Waals surface area contributed by atoms with Gasteiger partial charge in [0, 0.05) is 32.5 Å². The largest absolute Gasteiger partial charge is 1.00 e. The van der Waals surface area contributed by atoms with E-state index in [9.17, 15) is 17.6 Å². The average Bonchev–Trinajstić information content (AvgIpc) is 3.14. The van der Waals surface area contributed by atoms with Gasteiger partial charge in [-0.1, -0.05) is 26.0 Å². The van der Waals surface area contributed by atoms with Crippen LogP contribution in [0.4, 0.5) is 20.6 Å². The normalized spacial score (nSPS) is 14.5. The van der Waals surface area contributed by atoms with Crippen LogP contribution in [0.2, 0.25) is 0 Å². The number of urea groups is 1. The molecule has 9 nitrogen and oxygen atoms in total. The summed E-state index contributed by atoms with van der Waals surface area (Å²) in [7, 11) is -2.68. The number of anilines is 2. The molecule has 170 valence electrons. The number of hydrogen-bond donors (Lipinski definition) is 1. The van der Waals surface area contributed by atoms with Gasteiger partial charge in [-0.15, -0.1) is 0 Å². The summed E-state index contributed by atoms with van der Waals surface area (Å²) in [5.74, 6) is -0.310. The molecule has 0 aliphatic carbocycles. The monoisotopic (exact) mass is 475 g/mol. The van der Waals surface area contributed by atoms with E-state index in [-0.39, 0.29) is 35.4 Å². The van der Waals surface area contributed by atoms with Crippen molar-refractivity contribution in [3.05, 3.63) is 46.2 Å². The third-order valence-electron chi connectivity index (χ3n) is 5.15. The van der Waals surface area contributed by atoms with Gasteiger partial charge in [0.05, 0.1) is 11.9 Å². The topological polar surface area (TPSA) is 108 Å². The minimum atomic E-state index is -4.36. The quantitative estimate of drug-likeness (QED) is 0.588. The summed E-state index contributed by atoms with van der Waals surface area (Å²) in [5, 5.41) is 6.51. The van der Waals surface area contributed by atoms with Crippen molar-refractivity contribution in [2.45, 2.75) is 45.6 Å². The molecule has 1 aromatic carbocycles. The van der Waals surface area contributed by atoms with Crippen LogP contribution in [-0.2, 0) is 34.8 Å². The minimum Gasteiger partial charge on any atom is -0.424 e. The second kappa shape index (κ2) is 11.5. The van der Waals surface area contributed by atoms with Crippen LogP contribution in [0.15, 0.2) is 24.5 Å². The fraction of sp³-hybridized carbons (Fsp3) is 0.500. The Bertz CT molecular complexity index is 1020. The molecule has 12 heteroatoms. The van der Waals surface area contributed by atoms with Crippen LogP contribution >= 0.6 is 0 Å². The minimum absolute atomic E-state index is 0. The summed E-state index contributed by atoms with van der Waals surface area (Å²) in [6.45, 7) is 4.44. The molecule has 32 heavy (non-hydrogen) atoms. The van der Waals surface area contributed by atoms with Crippen molar-refractivity contribution >= 4 is 27.6 Å². The molecule has 0 spiro atoms. The molecule has 0 saturated carbocycles. The van der Waals surface area contributed by atoms with E-state index in [2.05, 4.69) is 15.1 Å². The first-order chi connectivity index (χ1) is 14.7. The van der Waals surface area contributed by atoms with Crippen LogP contribution in [0.5, 0.6) is 0 Å². The van der Waals surface area contributed by atoms with Gasteiger partial charge in [0.25, 0.3) is 10.2 Å². The maximum Gasteiger partial charge on any atom is 1.00 e. The number of amides is 2. The van der Waals surface area contributed by atoms with Crippen molar-refractivity contribution in [1.29, 1.82) is 0 Å². The van der Waals surface area contributed by atoms with Gasteiger partial charge in [0.15, 0.2) is 6.03 Å². The molecule has 1 aliphatic rings. The number of halogens is 1. The molecular weight excluding hydrogens is 448 g/mol. The van der Waals surface area contributed by atoms with E-state index in [1.54, 1.807) is 27.1 Å². The van der Waals surface area contributed by atoms with Crippen molar-refractivity contribution < 1.29 is 51.9 Å². The summed E-state index contributed by atoms with van der Waals surface area (Å²) in [5.41, 5.74) is 1.51. The number of carbonyl (C=O) groups excluding carboxylic acids is 1. The first-order valence-corrected chi connectivity index (χ1v) is 11.6. The molecule has 1 aromatic heterocycles. The summed E-state index contributed by atoms with van der Waals surface area (Å²) in [6.07, 6.45) is 4.81. The van der Waals surface area contributed by atoms with Gasteiger partial charge in [-0.05, 0) is 42.5 Å². The molecule has 2 heterocycles. The number of hydrogen-bond acceptors (Lipinski definition) is 5. The van der Waals surface area contributed by atoms with Crippen LogP contribution in [0.1, 0.15) is 37.8 Å². The molecule has 3 rings (SSSR count). The molecule has 0 radical (unpaired) electrons. The molecule has 1 N–H and O–H groups in total. The van der Waals surface area contributed by atoms with E-state index < -0.39 is 22.3 Å². The fourth-order valence-corrected chi connectivity index (χ4v) is 4.90. The molecule has 1 saturated heterocycles. The Morgan fingerprint density at radius 1 is 1.28 bits per heavy atom. The molecule has 0 atom stereocenters. The van der Waals surface area contributed by atoms with Gasteiger partial charge in [-0.2, -0.15) is 5.10 Å². The van der Waals surface area contributed by atoms with Crippen LogP contribution in [0, 0.1) is 5.82 Å². The predicted octanol–water partition coefficient (Wildman–Crippen LogP) is 0.524. The van der Waals surface area contributed by atoms with E-state index in [4.69, 9.17) is 4.74 Å². The number of rotatable bonds is 7. The Labute approximate surface area is 210 Å². The number of nitrogens with one attached hydrogen (secondary N) is 1. The maximum atomic E-state index is 14.3. The molecular formula is C20H27FN5NaO4S. The second-order valence-corrected chi connectivity index (χ2v) is 8.80. The van der Waals surface area contributed by atoms with Gasteiger partial charge >= 0.3 is 29.6 Å². The Morgan fingerprint density at radius 3 is 2.38 bits per heavy atom. The first-order valence-electron chi connectivity index (χ1n) is 10.2. The van der Waals surface area contributed by atoms with Gasteiger partial charge in [0.1, 0.15) is 5.82 Å². The molecule has 0 unspecified atom stereocenters. The van der Waals surface area contributed by atoms with E-state index in [1.807, 2.05) is 0 Å². The molecule has 2 amide bonds. The Hall–Kier alpha value is -1.66. The van der Waals surface area contributed by atoms with Gasteiger partial charge < -0.3 is 14.8 Å². The fourth-order valence-electron chi connectivity index (χ4n) is 3.61. The summed E-state index contributed by atoms with van der Waals surface area (Å²) in [6, 6.07) is 1.54. The van der Waals surface area contributed by atoms with Crippen molar-refractivity contribution in [3.8, 4) is 0 Å². The van der Waals surface area contributed by atoms with E-state index in [0.29, 0.717) is 61.4 Å². The molecule has 1 aliphatic heterocycles. The Balaban J connectivity index is 0.00000363. The van der Waals surface area contributed by atoms with Crippen LogP contribution in [0.25, 0.3) is 4.72 Å². The number of nitrogens with zero attached hydrogens (tertiary/aromatic N) is 4. The third-order valence-corrected chi connectivity index (χ3v) is 6.55. The van der Waals surface area contributed by atoms with E-state index >= 15 is 0 Å².